The Morgan fingerprint density at radius 1 is 1.24 bits per heavy atom. The number of aromatic hydroxyl groups is 1. The van der Waals surface area contributed by atoms with Crippen LogP contribution in [0.3, 0.4) is 0 Å². The second-order valence-electron chi connectivity index (χ2n) is 9.58. The number of nitro benzene ring substituents is 1. The Morgan fingerprint density at radius 3 is 2.62 bits per heavy atom. The Balaban J connectivity index is 1.86. The number of nitrogens with zero attached hydrogens (tertiary/aromatic N) is 4. The van der Waals surface area contributed by atoms with Gasteiger partial charge in [0.05, 0.1) is 32.3 Å². The number of allylic oxidation sites excluding steroid dienone is 1. The predicted octanol–water partition coefficient (Wildman–Crippen LogP) is 4.64. The van der Waals surface area contributed by atoms with E-state index in [1.165, 1.54) is 22.8 Å². The van der Waals surface area contributed by atoms with Crippen LogP contribution in [0.1, 0.15) is 37.9 Å². The van der Waals surface area contributed by atoms with E-state index in [1.54, 1.807) is 18.9 Å². The van der Waals surface area contributed by atoms with E-state index in [1.807, 2.05) is 50.2 Å². The number of rotatable bonds is 7. The Bertz CT molecular complexity index is 1980. The zero-order valence-electron chi connectivity index (χ0n) is 23.3. The lowest BCUT2D eigenvalue weighted by Gasteiger charge is -2.30. The van der Waals surface area contributed by atoms with Crippen LogP contribution in [0.5, 0.6) is 11.5 Å². The summed E-state index contributed by atoms with van der Waals surface area (Å²) < 4.78 is 7.59. The molecule has 1 amide bonds. The third-order valence-corrected chi connectivity index (χ3v) is 8.89. The average molecular weight is 652 g/mol. The van der Waals surface area contributed by atoms with Gasteiger partial charge in [-0.15, -0.1) is 0 Å². The summed E-state index contributed by atoms with van der Waals surface area (Å²) >= 11 is 4.23. The molecule has 0 bridgehead atoms. The minimum atomic E-state index is -0.872. The molecule has 0 saturated heterocycles. The number of fused-ring (bicyclic) bond motifs is 2. The van der Waals surface area contributed by atoms with Crippen molar-refractivity contribution in [3.8, 4) is 11.5 Å². The van der Waals surface area contributed by atoms with Crippen LogP contribution in [0.4, 0.5) is 5.69 Å². The highest BCUT2D eigenvalue weighted by molar-refractivity contribution is 9.10. The summed E-state index contributed by atoms with van der Waals surface area (Å²) in [7, 11) is 1.54. The van der Waals surface area contributed by atoms with Crippen molar-refractivity contribution in [3.63, 3.8) is 0 Å². The fourth-order valence-corrected chi connectivity index (χ4v) is 6.75. The van der Waals surface area contributed by atoms with Crippen LogP contribution >= 0.6 is 27.3 Å². The van der Waals surface area contributed by atoms with E-state index in [0.29, 0.717) is 40.5 Å². The van der Waals surface area contributed by atoms with Crippen molar-refractivity contribution >= 4 is 55.7 Å². The molecule has 0 aliphatic carbocycles. The molecule has 42 heavy (non-hydrogen) atoms. The van der Waals surface area contributed by atoms with E-state index in [2.05, 4.69) is 15.9 Å². The van der Waals surface area contributed by atoms with Gasteiger partial charge in [0.1, 0.15) is 17.5 Å². The Hall–Kier alpha value is -4.29. The van der Waals surface area contributed by atoms with Crippen LogP contribution in [-0.2, 0) is 4.79 Å². The first-order valence-electron chi connectivity index (χ1n) is 13.2. The van der Waals surface area contributed by atoms with Crippen LogP contribution < -0.4 is 19.6 Å². The zero-order valence-corrected chi connectivity index (χ0v) is 25.7. The molecule has 0 saturated carbocycles. The molecule has 10 nitrogen and oxygen atoms in total. The number of ether oxygens (including phenoxy) is 1. The number of aromatic nitrogens is 1. The molecule has 4 aromatic rings. The normalized spacial score (nSPS) is 15.0. The van der Waals surface area contributed by atoms with E-state index in [4.69, 9.17) is 9.73 Å². The molecule has 216 valence electrons. The van der Waals surface area contributed by atoms with Gasteiger partial charge in [0.2, 0.25) is 0 Å². The van der Waals surface area contributed by atoms with Crippen LogP contribution in [-0.4, -0.2) is 45.6 Å². The van der Waals surface area contributed by atoms with Crippen LogP contribution in [0.2, 0.25) is 0 Å². The second kappa shape index (κ2) is 11.5. The van der Waals surface area contributed by atoms with E-state index >= 15 is 0 Å². The molecule has 0 unspecified atom stereocenters. The molecule has 3 aromatic carbocycles. The van der Waals surface area contributed by atoms with Gasteiger partial charge in [-0.25, -0.2) is 4.99 Å². The number of halogens is 1. The molecule has 1 atom stereocenters. The number of likely N-dealkylation sites (N-methyl/N-ethyl adjacent to an activating group) is 1. The van der Waals surface area contributed by atoms with Gasteiger partial charge in [0, 0.05) is 36.3 Å². The number of nitro groups is 1. The van der Waals surface area contributed by atoms with Crippen molar-refractivity contribution in [2.75, 3.05) is 20.2 Å². The monoisotopic (exact) mass is 650 g/mol. The van der Waals surface area contributed by atoms with Gasteiger partial charge in [0.25, 0.3) is 17.2 Å². The van der Waals surface area contributed by atoms with Crippen LogP contribution in [0.25, 0.3) is 16.8 Å². The lowest BCUT2D eigenvalue weighted by atomic mass is 9.90. The second-order valence-corrected chi connectivity index (χ2v) is 11.4. The fourth-order valence-electron chi connectivity index (χ4n) is 5.25. The van der Waals surface area contributed by atoms with Crippen molar-refractivity contribution < 1.29 is 19.6 Å². The first-order chi connectivity index (χ1) is 20.1. The van der Waals surface area contributed by atoms with E-state index in [0.717, 1.165) is 22.1 Å². The van der Waals surface area contributed by atoms with Gasteiger partial charge in [0.15, 0.2) is 4.80 Å². The van der Waals surface area contributed by atoms with Gasteiger partial charge in [-0.05, 0) is 59.6 Å². The zero-order chi connectivity index (χ0) is 30.3. The van der Waals surface area contributed by atoms with Gasteiger partial charge >= 0.3 is 0 Å². The number of benzene rings is 3. The minimum absolute atomic E-state index is 0.0933. The first-order valence-corrected chi connectivity index (χ1v) is 14.8. The fraction of sp³-hybridized carbons (Fsp3) is 0.233. The maximum atomic E-state index is 14.2. The maximum absolute atomic E-state index is 14.2. The molecule has 1 aliphatic rings. The number of thiazole rings is 1. The number of carbonyl (C=O) groups is 1. The number of phenolic OH excluding ortho intramolecular Hbond substituents is 1. The van der Waals surface area contributed by atoms with Crippen molar-refractivity contribution in [3.05, 3.63) is 105 Å². The smallest absolute Gasteiger partial charge is 0.271 e. The lowest BCUT2D eigenvalue weighted by Crippen LogP contribution is -2.43. The third-order valence-electron chi connectivity index (χ3n) is 7.30. The average Bonchev–Trinajstić information content (AvgIpc) is 3.28. The van der Waals surface area contributed by atoms with Crippen LogP contribution in [0.15, 0.2) is 74.1 Å². The predicted molar refractivity (Wildman–Crippen MR) is 165 cm³/mol. The highest BCUT2D eigenvalue weighted by Crippen LogP contribution is 2.40. The summed E-state index contributed by atoms with van der Waals surface area (Å²) in [6.45, 7) is 6.48. The number of amides is 1. The minimum Gasteiger partial charge on any atom is -0.506 e. The Labute approximate surface area is 252 Å². The van der Waals surface area contributed by atoms with Crippen molar-refractivity contribution in [1.82, 2.24) is 9.47 Å². The summed E-state index contributed by atoms with van der Waals surface area (Å²) in [5, 5.41) is 23.8. The van der Waals surface area contributed by atoms with Crippen LogP contribution in [0, 0.1) is 10.1 Å². The van der Waals surface area contributed by atoms with Crippen molar-refractivity contribution in [2.45, 2.75) is 26.8 Å². The quantitative estimate of drug-likeness (QED) is 0.229. The topological polar surface area (TPSA) is 127 Å². The highest BCUT2D eigenvalue weighted by Gasteiger charge is 2.36. The number of carbonyl (C=O) groups excluding carboxylic acids is 1. The van der Waals surface area contributed by atoms with Gasteiger partial charge in [-0.2, -0.15) is 0 Å². The molecular weight excluding hydrogens is 624 g/mol. The molecule has 5 rings (SSSR count). The SMILES string of the molecule is CCN(CC)C(=O)C1=C(C)N=c2s/c(=C/c3cc([N+](=O)[O-])cc(Br)c3O)c(=O)n2[C@@H]1c1c(OC)ccc2ccccc12. The van der Waals surface area contributed by atoms with Gasteiger partial charge in [-0.1, -0.05) is 41.7 Å². The standard InChI is InChI=1S/C30H27BrN4O6S/c1-5-33(6-2)29(38)24-16(3)32-30-34(26(24)25-20-10-8-7-9-17(20)11-12-22(25)41-4)28(37)23(42-30)14-18-13-19(35(39)40)15-21(31)27(18)36/h7-15,26,36H,5-6H2,1-4H3/b23-14+/t26-/m0/s1. The number of hydrogen-bond acceptors (Lipinski definition) is 8. The number of non-ortho nitro benzene ring substituents is 1. The number of hydrogen-bond donors (Lipinski definition) is 1. The van der Waals surface area contributed by atoms with Gasteiger partial charge in [-0.3, -0.25) is 24.3 Å². The molecule has 1 aromatic heterocycles. The summed E-state index contributed by atoms with van der Waals surface area (Å²) in [6, 6.07) is 12.9. The number of methoxy groups -OCH3 is 1. The molecule has 1 aliphatic heterocycles. The maximum Gasteiger partial charge on any atom is 0.271 e. The van der Waals surface area contributed by atoms with E-state index in [9.17, 15) is 24.8 Å². The molecule has 0 spiro atoms. The third kappa shape index (κ3) is 4.90. The lowest BCUT2D eigenvalue weighted by molar-refractivity contribution is -0.385. The van der Waals surface area contributed by atoms with Crippen molar-refractivity contribution in [1.29, 1.82) is 0 Å². The summed E-state index contributed by atoms with van der Waals surface area (Å²) in [5.74, 6) is 0.0242. The van der Waals surface area contributed by atoms with Crippen molar-refractivity contribution in [2.24, 2.45) is 4.99 Å². The van der Waals surface area contributed by atoms with E-state index in [-0.39, 0.29) is 31.9 Å². The first kappa shape index (κ1) is 29.2. The molecule has 0 radical (unpaired) electrons. The van der Waals surface area contributed by atoms with E-state index < -0.39 is 16.5 Å². The Kier molecular flexibility index (Phi) is 8.02. The largest absolute Gasteiger partial charge is 0.506 e. The molecular formula is C30H27BrN4O6S. The molecule has 12 heteroatoms. The summed E-state index contributed by atoms with van der Waals surface area (Å²) in [4.78, 5) is 45.9. The Morgan fingerprint density at radius 2 is 1.95 bits per heavy atom. The highest BCUT2D eigenvalue weighted by atomic mass is 79.9. The molecule has 0 fully saturated rings. The van der Waals surface area contributed by atoms with Gasteiger partial charge < -0.3 is 14.7 Å². The summed E-state index contributed by atoms with van der Waals surface area (Å²) in [6.07, 6.45) is 1.40. The summed E-state index contributed by atoms with van der Waals surface area (Å²) in [5.41, 5.74) is 0.858. The molecule has 1 N–H and O–H groups in total. The molecule has 2 heterocycles. The number of phenols is 1.